The number of carboxylic acids is 1. The second kappa shape index (κ2) is 10.0. The van der Waals surface area contributed by atoms with Crippen LogP contribution >= 0.6 is 0 Å². The molecule has 35 heavy (non-hydrogen) atoms. The van der Waals surface area contributed by atoms with E-state index in [9.17, 15) is 23.9 Å². The molecule has 9 heteroatoms. The Morgan fingerprint density at radius 2 is 1.77 bits per heavy atom. The summed E-state index contributed by atoms with van der Waals surface area (Å²) in [6.07, 6.45) is 1.15. The minimum atomic E-state index is -1.25. The van der Waals surface area contributed by atoms with Gasteiger partial charge in [0.05, 0.1) is 13.3 Å². The van der Waals surface area contributed by atoms with Crippen molar-refractivity contribution in [2.45, 2.75) is 6.54 Å². The number of amides is 1. The number of rotatable bonds is 7. The molecule has 3 aromatic carbocycles. The van der Waals surface area contributed by atoms with E-state index in [0.717, 1.165) is 16.8 Å². The minimum absolute atomic E-state index is 0.0227. The molecule has 0 aliphatic rings. The third-order valence-corrected chi connectivity index (χ3v) is 5.23. The first-order valence-electron chi connectivity index (χ1n) is 10.5. The third-order valence-electron chi connectivity index (χ3n) is 5.23. The van der Waals surface area contributed by atoms with Gasteiger partial charge in [-0.2, -0.15) is 0 Å². The van der Waals surface area contributed by atoms with Crippen molar-refractivity contribution in [2.24, 2.45) is 0 Å². The molecule has 1 heterocycles. The predicted molar refractivity (Wildman–Crippen MR) is 128 cm³/mol. The van der Waals surface area contributed by atoms with Gasteiger partial charge < -0.3 is 15.2 Å². The molecule has 176 valence electrons. The fourth-order valence-corrected chi connectivity index (χ4v) is 3.55. The maximum atomic E-state index is 14.8. The van der Waals surface area contributed by atoms with Crippen LogP contribution in [-0.4, -0.2) is 33.6 Å². The normalized spacial score (nSPS) is 10.6. The number of nitrogens with one attached hydrogen (secondary N) is 1. The van der Waals surface area contributed by atoms with Crippen LogP contribution < -0.4 is 15.6 Å². The van der Waals surface area contributed by atoms with E-state index in [4.69, 9.17) is 4.74 Å². The second-order valence-electron chi connectivity index (χ2n) is 7.53. The van der Waals surface area contributed by atoms with Gasteiger partial charge in [0.2, 0.25) is 0 Å². The van der Waals surface area contributed by atoms with Gasteiger partial charge in [-0.3, -0.25) is 19.0 Å². The van der Waals surface area contributed by atoms with E-state index in [1.165, 1.54) is 19.2 Å². The van der Waals surface area contributed by atoms with Crippen molar-refractivity contribution in [2.75, 3.05) is 12.4 Å². The van der Waals surface area contributed by atoms with E-state index in [1.54, 1.807) is 54.6 Å². The van der Waals surface area contributed by atoms with Gasteiger partial charge in [-0.05, 0) is 29.8 Å². The number of hydrogen-bond acceptors (Lipinski definition) is 5. The van der Waals surface area contributed by atoms with Gasteiger partial charge in [-0.15, -0.1) is 0 Å². The summed E-state index contributed by atoms with van der Waals surface area (Å²) in [5.74, 6) is -1.91. The van der Waals surface area contributed by atoms with E-state index < -0.39 is 29.8 Å². The number of hydrogen-bond donors (Lipinski definition) is 2. The molecular weight excluding hydrogens is 453 g/mol. The van der Waals surface area contributed by atoms with Crippen LogP contribution in [0.1, 0.15) is 10.4 Å². The first kappa shape index (κ1) is 23.4. The van der Waals surface area contributed by atoms with Crippen molar-refractivity contribution < 1.29 is 23.8 Å². The van der Waals surface area contributed by atoms with Crippen LogP contribution in [-0.2, 0) is 11.3 Å². The van der Waals surface area contributed by atoms with Gasteiger partial charge in [0, 0.05) is 16.7 Å². The summed E-state index contributed by atoms with van der Waals surface area (Å²) in [5, 5.41) is 11.7. The highest BCUT2D eigenvalue weighted by atomic mass is 19.1. The quantitative estimate of drug-likeness (QED) is 0.419. The zero-order valence-electron chi connectivity index (χ0n) is 18.6. The Kier molecular flexibility index (Phi) is 6.68. The number of halogens is 1. The molecular formula is C26H20FN3O5. The van der Waals surface area contributed by atoms with E-state index in [0.29, 0.717) is 16.9 Å². The molecule has 0 spiro atoms. The Bertz CT molecular complexity index is 1470. The highest BCUT2D eigenvalue weighted by Crippen LogP contribution is 2.27. The van der Waals surface area contributed by atoms with Gasteiger partial charge >= 0.3 is 5.97 Å². The van der Waals surface area contributed by atoms with Crippen molar-refractivity contribution in [3.8, 4) is 28.3 Å². The number of carboxylic acid groups (broad SMARTS) is 1. The lowest BCUT2D eigenvalue weighted by molar-refractivity contribution is -0.137. The molecule has 0 saturated carbocycles. The average molecular weight is 473 g/mol. The lowest BCUT2D eigenvalue weighted by Gasteiger charge is -2.13. The molecule has 1 amide bonds. The second-order valence-corrected chi connectivity index (χ2v) is 7.53. The van der Waals surface area contributed by atoms with E-state index >= 15 is 0 Å². The highest BCUT2D eigenvalue weighted by Gasteiger charge is 2.18. The Morgan fingerprint density at radius 3 is 2.46 bits per heavy atom. The van der Waals surface area contributed by atoms with Crippen LogP contribution in [0.25, 0.3) is 22.5 Å². The maximum Gasteiger partial charge on any atom is 0.323 e. The van der Waals surface area contributed by atoms with Gasteiger partial charge in [-0.1, -0.05) is 48.5 Å². The molecule has 8 nitrogen and oxygen atoms in total. The standard InChI is InChI=1S/C26H20FN3O5/c1-35-19-9-5-8-17(12-19)20-11-10-18(13-21(20)27)25(33)29-22-14-28-24(16-6-3-2-4-7-16)30(26(22)34)15-23(31)32/h2-14H,15H2,1H3,(H,29,33)(H,31,32). The number of aliphatic carboxylic acids is 1. The summed E-state index contributed by atoms with van der Waals surface area (Å²) in [6, 6.07) is 19.4. The molecule has 1 aromatic heterocycles. The van der Waals surface area contributed by atoms with Crippen molar-refractivity contribution in [1.82, 2.24) is 9.55 Å². The highest BCUT2D eigenvalue weighted by molar-refractivity contribution is 6.04. The molecule has 0 bridgehead atoms. The number of carbonyl (C=O) groups excluding carboxylic acids is 1. The number of nitrogens with zero attached hydrogens (tertiary/aromatic N) is 2. The fraction of sp³-hybridized carbons (Fsp3) is 0.0769. The SMILES string of the molecule is COc1cccc(-c2ccc(C(=O)Nc3cnc(-c4ccccc4)n(CC(=O)O)c3=O)cc2F)c1. The molecule has 0 atom stereocenters. The Morgan fingerprint density at radius 1 is 1.03 bits per heavy atom. The Balaban J connectivity index is 1.64. The predicted octanol–water partition coefficient (Wildman–Crippen LogP) is 4.06. The molecule has 0 fully saturated rings. The van der Waals surface area contributed by atoms with Gasteiger partial charge in [-0.25, -0.2) is 9.37 Å². The molecule has 4 rings (SSSR count). The Hall–Kier alpha value is -4.79. The van der Waals surface area contributed by atoms with Crippen LogP contribution in [0.5, 0.6) is 5.75 Å². The van der Waals surface area contributed by atoms with Crippen molar-refractivity contribution in [3.05, 3.63) is 101 Å². The number of benzene rings is 3. The Labute approximate surface area is 199 Å². The maximum absolute atomic E-state index is 14.8. The number of anilines is 1. The summed E-state index contributed by atoms with van der Waals surface area (Å²) in [6.45, 7) is -0.649. The van der Waals surface area contributed by atoms with E-state index in [1.807, 2.05) is 0 Å². The molecule has 0 aliphatic heterocycles. The van der Waals surface area contributed by atoms with Crippen molar-refractivity contribution >= 4 is 17.6 Å². The topological polar surface area (TPSA) is 111 Å². The monoisotopic (exact) mass is 473 g/mol. The van der Waals surface area contributed by atoms with Crippen LogP contribution in [0.2, 0.25) is 0 Å². The van der Waals surface area contributed by atoms with Crippen molar-refractivity contribution in [1.29, 1.82) is 0 Å². The van der Waals surface area contributed by atoms with E-state index in [-0.39, 0.29) is 22.6 Å². The zero-order valence-corrected chi connectivity index (χ0v) is 18.6. The summed E-state index contributed by atoms with van der Waals surface area (Å²) in [5.41, 5.74) is 0.393. The summed E-state index contributed by atoms with van der Waals surface area (Å²) in [4.78, 5) is 41.3. The molecule has 4 aromatic rings. The van der Waals surface area contributed by atoms with Crippen LogP contribution in [0.4, 0.5) is 10.1 Å². The number of aromatic nitrogens is 2. The summed E-state index contributed by atoms with van der Waals surface area (Å²) in [7, 11) is 1.51. The first-order chi connectivity index (χ1) is 16.9. The minimum Gasteiger partial charge on any atom is -0.497 e. The van der Waals surface area contributed by atoms with Crippen LogP contribution in [0.3, 0.4) is 0 Å². The van der Waals surface area contributed by atoms with Gasteiger partial charge in [0.15, 0.2) is 0 Å². The third kappa shape index (κ3) is 5.09. The summed E-state index contributed by atoms with van der Waals surface area (Å²) < 4.78 is 21.0. The number of carbonyl (C=O) groups is 2. The lowest BCUT2D eigenvalue weighted by Crippen LogP contribution is -2.30. The van der Waals surface area contributed by atoms with Crippen molar-refractivity contribution in [3.63, 3.8) is 0 Å². The number of ether oxygens (including phenoxy) is 1. The molecule has 2 N–H and O–H groups in total. The van der Waals surface area contributed by atoms with Gasteiger partial charge in [0.1, 0.15) is 29.6 Å². The summed E-state index contributed by atoms with van der Waals surface area (Å²) >= 11 is 0. The molecule has 0 saturated heterocycles. The number of methoxy groups -OCH3 is 1. The van der Waals surface area contributed by atoms with Gasteiger partial charge in [0.25, 0.3) is 11.5 Å². The largest absolute Gasteiger partial charge is 0.497 e. The van der Waals surface area contributed by atoms with E-state index in [2.05, 4.69) is 10.3 Å². The molecule has 0 unspecified atom stereocenters. The smallest absolute Gasteiger partial charge is 0.323 e. The lowest BCUT2D eigenvalue weighted by atomic mass is 10.0. The van der Waals surface area contributed by atoms with Crippen LogP contribution in [0, 0.1) is 5.82 Å². The zero-order chi connectivity index (χ0) is 24.9. The first-order valence-corrected chi connectivity index (χ1v) is 10.5. The van der Waals surface area contributed by atoms with Crippen LogP contribution in [0.15, 0.2) is 83.8 Å². The fourth-order valence-electron chi connectivity index (χ4n) is 3.55. The average Bonchev–Trinajstić information content (AvgIpc) is 2.86. The molecule has 0 radical (unpaired) electrons. The molecule has 0 aliphatic carbocycles.